The number of thiazole rings is 1. The summed E-state index contributed by atoms with van der Waals surface area (Å²) in [6.45, 7) is 2.48. The Kier molecular flexibility index (Phi) is 5.03. The van der Waals surface area contributed by atoms with Gasteiger partial charge in [-0.25, -0.2) is 9.97 Å². The van der Waals surface area contributed by atoms with Gasteiger partial charge in [0.15, 0.2) is 5.13 Å². The van der Waals surface area contributed by atoms with Crippen molar-refractivity contribution < 1.29 is 9.13 Å². The fraction of sp³-hybridized carbons (Fsp3) is 0.150. The molecule has 0 fully saturated rings. The lowest BCUT2D eigenvalue weighted by atomic mass is 10.2. The average Bonchev–Trinajstić information content (AvgIpc) is 3.28. The van der Waals surface area contributed by atoms with Crippen LogP contribution in [0.3, 0.4) is 0 Å². The molecule has 0 amide bonds. The van der Waals surface area contributed by atoms with Crippen LogP contribution in [0, 0.1) is 12.1 Å². The maximum absolute atomic E-state index is 14.4. The third-order valence-corrected chi connectivity index (χ3v) is 4.88. The summed E-state index contributed by atoms with van der Waals surface area (Å²) in [5.74, 6) is 1.44. The average molecular weight is 395 g/mol. The van der Waals surface area contributed by atoms with E-state index in [4.69, 9.17) is 4.74 Å². The van der Waals surface area contributed by atoms with Gasteiger partial charge in [-0.1, -0.05) is 29.5 Å². The number of nitrogens with zero attached hydrogens (tertiary/aromatic N) is 4. The lowest BCUT2D eigenvalue weighted by molar-refractivity contribution is 0.414. The summed E-state index contributed by atoms with van der Waals surface area (Å²) in [6, 6.07) is 13.4. The molecule has 0 spiro atoms. The third-order valence-electron chi connectivity index (χ3n) is 4.12. The van der Waals surface area contributed by atoms with E-state index in [1.165, 1.54) is 0 Å². The van der Waals surface area contributed by atoms with Crippen LogP contribution in [-0.4, -0.2) is 26.9 Å². The number of ether oxygens (including phenoxy) is 1. The van der Waals surface area contributed by atoms with Crippen molar-refractivity contribution in [3.63, 3.8) is 0 Å². The molecule has 0 bridgehead atoms. The molecule has 6 nitrogen and oxygen atoms in total. The first-order valence-electron chi connectivity index (χ1n) is 8.63. The molecule has 1 N–H and O–H groups in total. The zero-order valence-corrected chi connectivity index (χ0v) is 16.2. The number of pyridine rings is 1. The van der Waals surface area contributed by atoms with Crippen LogP contribution in [0.15, 0.2) is 54.9 Å². The first-order valence-corrected chi connectivity index (χ1v) is 9.45. The van der Waals surface area contributed by atoms with Gasteiger partial charge < -0.3 is 10.1 Å². The molecule has 3 heterocycles. The first kappa shape index (κ1) is 18.1. The van der Waals surface area contributed by atoms with Gasteiger partial charge in [0.25, 0.3) is 0 Å². The number of methoxy groups -OCH3 is 1. The number of hydrogen-bond acceptors (Lipinski definition) is 6. The van der Waals surface area contributed by atoms with E-state index in [0.29, 0.717) is 23.1 Å². The summed E-state index contributed by atoms with van der Waals surface area (Å²) in [4.78, 5) is 8.72. The number of aryl methyl sites for hydroxylation is 1. The van der Waals surface area contributed by atoms with Crippen LogP contribution in [0.4, 0.5) is 15.3 Å². The minimum atomic E-state index is -0.362. The van der Waals surface area contributed by atoms with E-state index in [1.54, 1.807) is 24.2 Å². The van der Waals surface area contributed by atoms with E-state index >= 15 is 0 Å². The molecule has 1 aromatic carbocycles. The van der Waals surface area contributed by atoms with Gasteiger partial charge in [-0.2, -0.15) is 9.49 Å². The second-order valence-electron chi connectivity index (χ2n) is 6.21. The van der Waals surface area contributed by atoms with Crippen LogP contribution in [0.5, 0.6) is 5.75 Å². The molecule has 0 saturated carbocycles. The first-order chi connectivity index (χ1) is 13.6. The van der Waals surface area contributed by atoms with Crippen LogP contribution < -0.4 is 10.1 Å². The van der Waals surface area contributed by atoms with Gasteiger partial charge >= 0.3 is 0 Å². The standard InChI is InChI=1S/C20H18FN5OS/c1-13-4-3-5-17(23-13)24-20-25-18(19(21)28-20)15-10-22-26(12-15)11-14-6-8-16(27-2)9-7-14/h3-10,12H,11H2,1-2H3,(H,23,24,25). The minimum absolute atomic E-state index is 0.279. The Morgan fingerprint density at radius 3 is 2.71 bits per heavy atom. The maximum Gasteiger partial charge on any atom is 0.206 e. The van der Waals surface area contributed by atoms with E-state index in [1.807, 2.05) is 49.4 Å². The van der Waals surface area contributed by atoms with E-state index in [0.717, 1.165) is 28.3 Å². The fourth-order valence-corrected chi connectivity index (χ4v) is 3.47. The Balaban J connectivity index is 1.51. The topological polar surface area (TPSA) is 64.9 Å². The van der Waals surface area contributed by atoms with Crippen molar-refractivity contribution in [3.05, 3.63) is 71.2 Å². The summed E-state index contributed by atoms with van der Waals surface area (Å²) in [5, 5.41) is 7.47. The number of hydrogen-bond donors (Lipinski definition) is 1. The molecule has 0 saturated heterocycles. The number of benzene rings is 1. The van der Waals surface area contributed by atoms with Gasteiger partial charge in [-0.05, 0) is 36.8 Å². The lowest BCUT2D eigenvalue weighted by Gasteiger charge is -2.03. The van der Waals surface area contributed by atoms with Crippen molar-refractivity contribution in [2.24, 2.45) is 0 Å². The zero-order valence-electron chi connectivity index (χ0n) is 15.4. The lowest BCUT2D eigenvalue weighted by Crippen LogP contribution is -1.99. The molecule has 3 aromatic heterocycles. The van der Waals surface area contributed by atoms with Crippen LogP contribution in [0.1, 0.15) is 11.3 Å². The second-order valence-corrected chi connectivity index (χ2v) is 7.15. The Hall–Kier alpha value is -3.26. The Bertz CT molecular complexity index is 1090. The highest BCUT2D eigenvalue weighted by Gasteiger charge is 2.15. The summed E-state index contributed by atoms with van der Waals surface area (Å²) in [6.07, 6.45) is 3.41. The Morgan fingerprint density at radius 2 is 1.96 bits per heavy atom. The molecule has 0 atom stereocenters. The highest BCUT2D eigenvalue weighted by Crippen LogP contribution is 2.30. The van der Waals surface area contributed by atoms with Gasteiger partial charge in [0.2, 0.25) is 5.13 Å². The number of anilines is 2. The molecular weight excluding hydrogens is 377 g/mol. The molecule has 28 heavy (non-hydrogen) atoms. The zero-order chi connectivity index (χ0) is 19.5. The normalized spacial score (nSPS) is 10.8. The summed E-state index contributed by atoms with van der Waals surface area (Å²) >= 11 is 0.947. The maximum atomic E-state index is 14.4. The van der Waals surface area contributed by atoms with Crippen molar-refractivity contribution in [3.8, 4) is 17.0 Å². The Morgan fingerprint density at radius 1 is 1.14 bits per heavy atom. The molecule has 4 aromatic rings. The van der Waals surface area contributed by atoms with Gasteiger partial charge in [-0.3, -0.25) is 4.68 Å². The summed E-state index contributed by atoms with van der Waals surface area (Å²) < 4.78 is 21.4. The van der Waals surface area contributed by atoms with Crippen LogP contribution >= 0.6 is 11.3 Å². The monoisotopic (exact) mass is 395 g/mol. The minimum Gasteiger partial charge on any atom is -0.497 e. The van der Waals surface area contributed by atoms with Crippen LogP contribution in [-0.2, 0) is 6.54 Å². The van der Waals surface area contributed by atoms with Crippen molar-refractivity contribution >= 4 is 22.3 Å². The van der Waals surface area contributed by atoms with Gasteiger partial charge in [0, 0.05) is 17.5 Å². The van der Waals surface area contributed by atoms with E-state index in [9.17, 15) is 4.39 Å². The molecule has 142 valence electrons. The molecule has 0 radical (unpaired) electrons. The fourth-order valence-electron chi connectivity index (χ4n) is 2.75. The Labute approximate surface area is 165 Å². The molecule has 0 aliphatic carbocycles. The van der Waals surface area contributed by atoms with Crippen molar-refractivity contribution in [1.29, 1.82) is 0 Å². The van der Waals surface area contributed by atoms with Crippen LogP contribution in [0.25, 0.3) is 11.3 Å². The van der Waals surface area contributed by atoms with E-state index in [-0.39, 0.29) is 10.8 Å². The summed E-state index contributed by atoms with van der Waals surface area (Å²) in [7, 11) is 1.63. The van der Waals surface area contributed by atoms with Crippen molar-refractivity contribution in [1.82, 2.24) is 19.7 Å². The highest BCUT2D eigenvalue weighted by atomic mass is 32.1. The quantitative estimate of drug-likeness (QED) is 0.515. The number of halogens is 1. The molecule has 8 heteroatoms. The summed E-state index contributed by atoms with van der Waals surface area (Å²) in [5.41, 5.74) is 2.86. The number of rotatable bonds is 6. The van der Waals surface area contributed by atoms with Gasteiger partial charge in [0.05, 0.1) is 19.9 Å². The molecule has 4 rings (SSSR count). The predicted octanol–water partition coefficient (Wildman–Crippen LogP) is 4.65. The third kappa shape index (κ3) is 4.01. The van der Waals surface area contributed by atoms with E-state index < -0.39 is 0 Å². The van der Waals surface area contributed by atoms with Crippen molar-refractivity contribution in [2.75, 3.05) is 12.4 Å². The molecular formula is C20H18FN5OS. The van der Waals surface area contributed by atoms with Gasteiger partial charge in [-0.15, -0.1) is 0 Å². The number of nitrogens with one attached hydrogen (secondary N) is 1. The molecule has 0 aliphatic heterocycles. The second kappa shape index (κ2) is 7.77. The van der Waals surface area contributed by atoms with Crippen LogP contribution in [0.2, 0.25) is 0 Å². The predicted molar refractivity (Wildman–Crippen MR) is 108 cm³/mol. The SMILES string of the molecule is COc1ccc(Cn2cc(-c3nc(Nc4cccc(C)n4)sc3F)cn2)cc1. The molecule has 0 aliphatic rings. The van der Waals surface area contributed by atoms with Crippen molar-refractivity contribution in [2.45, 2.75) is 13.5 Å². The molecule has 0 unspecified atom stereocenters. The largest absolute Gasteiger partial charge is 0.497 e. The van der Waals surface area contributed by atoms with Gasteiger partial charge in [0.1, 0.15) is 17.3 Å². The smallest absolute Gasteiger partial charge is 0.206 e. The number of aromatic nitrogens is 4. The van der Waals surface area contributed by atoms with E-state index in [2.05, 4.69) is 20.4 Å². The highest BCUT2D eigenvalue weighted by molar-refractivity contribution is 7.14.